The van der Waals surface area contributed by atoms with Crippen molar-refractivity contribution in [3.05, 3.63) is 0 Å². The molecule has 2 aliphatic heterocycles. The number of urea groups is 1. The van der Waals surface area contributed by atoms with E-state index in [2.05, 4.69) is 10.2 Å². The van der Waals surface area contributed by atoms with E-state index >= 15 is 0 Å². The number of hydrogen-bond donors (Lipinski definition) is 2. The van der Waals surface area contributed by atoms with Crippen LogP contribution < -0.4 is 5.32 Å². The smallest absolute Gasteiger partial charge is 0.317 e. The average Bonchev–Trinajstić information content (AvgIpc) is 2.63. The van der Waals surface area contributed by atoms with Gasteiger partial charge in [-0.25, -0.2) is 4.79 Å². The van der Waals surface area contributed by atoms with E-state index < -0.39 is 11.5 Å². The van der Waals surface area contributed by atoms with Gasteiger partial charge in [0.15, 0.2) is 0 Å². The first-order valence-corrected chi connectivity index (χ1v) is 7.40. The monoisotopic (exact) mass is 283 g/mol. The second-order valence-corrected chi connectivity index (χ2v) is 6.52. The van der Waals surface area contributed by atoms with Gasteiger partial charge in [-0.2, -0.15) is 0 Å². The predicted octanol–water partition coefficient (Wildman–Crippen LogP) is 1.12. The molecule has 0 aromatic heterocycles. The third kappa shape index (κ3) is 3.85. The number of carbonyl (C=O) groups excluding carboxylic acids is 1. The van der Waals surface area contributed by atoms with Crippen LogP contribution in [-0.4, -0.2) is 64.7 Å². The molecule has 2 N–H and O–H groups in total. The van der Waals surface area contributed by atoms with Gasteiger partial charge in [0.2, 0.25) is 0 Å². The maximum atomic E-state index is 12.3. The molecule has 20 heavy (non-hydrogen) atoms. The fourth-order valence-electron chi connectivity index (χ4n) is 3.18. The summed E-state index contributed by atoms with van der Waals surface area (Å²) in [5, 5.41) is 11.7. The highest BCUT2D eigenvalue weighted by Gasteiger charge is 2.32. The van der Waals surface area contributed by atoms with Gasteiger partial charge in [-0.15, -0.1) is 0 Å². The molecule has 6 heteroatoms. The lowest BCUT2D eigenvalue weighted by molar-refractivity contribution is -0.138. The van der Waals surface area contributed by atoms with Gasteiger partial charge < -0.3 is 15.3 Å². The van der Waals surface area contributed by atoms with Gasteiger partial charge in [-0.3, -0.25) is 9.69 Å². The molecule has 0 radical (unpaired) electrons. The molecule has 2 amide bonds. The highest BCUT2D eigenvalue weighted by molar-refractivity contribution is 5.76. The zero-order valence-corrected chi connectivity index (χ0v) is 12.4. The fourth-order valence-corrected chi connectivity index (χ4v) is 3.18. The van der Waals surface area contributed by atoms with E-state index in [9.17, 15) is 9.59 Å². The fraction of sp³-hybridized carbons (Fsp3) is 0.857. The Hall–Kier alpha value is -1.30. The molecule has 1 atom stereocenters. The second kappa shape index (κ2) is 5.99. The Morgan fingerprint density at radius 1 is 1.25 bits per heavy atom. The average molecular weight is 283 g/mol. The maximum Gasteiger partial charge on any atom is 0.317 e. The van der Waals surface area contributed by atoms with Crippen LogP contribution in [-0.2, 0) is 4.79 Å². The van der Waals surface area contributed by atoms with Crippen molar-refractivity contribution in [3.63, 3.8) is 0 Å². The molecular formula is C14H25N3O3. The molecule has 2 fully saturated rings. The first-order valence-electron chi connectivity index (χ1n) is 7.40. The van der Waals surface area contributed by atoms with Crippen LogP contribution in [0.25, 0.3) is 0 Å². The Bertz CT molecular complexity index is 384. The number of rotatable bonds is 3. The third-order valence-electron chi connectivity index (χ3n) is 4.13. The minimum Gasteiger partial charge on any atom is -0.481 e. The molecule has 114 valence electrons. The lowest BCUT2D eigenvalue weighted by Gasteiger charge is -2.31. The van der Waals surface area contributed by atoms with Gasteiger partial charge in [0.05, 0.1) is 6.42 Å². The summed E-state index contributed by atoms with van der Waals surface area (Å²) in [4.78, 5) is 27.5. The maximum absolute atomic E-state index is 12.3. The van der Waals surface area contributed by atoms with Crippen LogP contribution in [0.4, 0.5) is 4.79 Å². The van der Waals surface area contributed by atoms with Gasteiger partial charge >= 0.3 is 12.0 Å². The van der Waals surface area contributed by atoms with Gasteiger partial charge in [-0.1, -0.05) is 0 Å². The van der Waals surface area contributed by atoms with Crippen LogP contribution in [0, 0.1) is 0 Å². The van der Waals surface area contributed by atoms with Crippen molar-refractivity contribution in [2.75, 3.05) is 26.2 Å². The van der Waals surface area contributed by atoms with Gasteiger partial charge in [0, 0.05) is 31.2 Å². The summed E-state index contributed by atoms with van der Waals surface area (Å²) in [6, 6.07) is 0.343. The molecule has 0 spiro atoms. The van der Waals surface area contributed by atoms with Crippen LogP contribution in [0.5, 0.6) is 0 Å². The third-order valence-corrected chi connectivity index (χ3v) is 4.13. The normalized spacial score (nSPS) is 24.1. The van der Waals surface area contributed by atoms with Crippen molar-refractivity contribution in [1.29, 1.82) is 0 Å². The second-order valence-electron chi connectivity index (χ2n) is 6.52. The SMILES string of the molecule is CC(C)(CC(=O)O)NC(=O)N1CCCN2CCCC2C1. The predicted molar refractivity (Wildman–Crippen MR) is 75.6 cm³/mol. The van der Waals surface area contributed by atoms with Crippen LogP contribution in [0.3, 0.4) is 0 Å². The Kier molecular flexibility index (Phi) is 4.52. The summed E-state index contributed by atoms with van der Waals surface area (Å²) in [7, 11) is 0. The molecule has 6 nitrogen and oxygen atoms in total. The summed E-state index contributed by atoms with van der Waals surface area (Å²) in [6.07, 6.45) is 3.29. The van der Waals surface area contributed by atoms with Crippen LogP contribution >= 0.6 is 0 Å². The number of nitrogens with one attached hydrogen (secondary N) is 1. The first-order chi connectivity index (χ1) is 9.37. The zero-order valence-electron chi connectivity index (χ0n) is 12.4. The minimum atomic E-state index is -0.895. The van der Waals surface area contributed by atoms with Crippen molar-refractivity contribution < 1.29 is 14.7 Å². The van der Waals surface area contributed by atoms with E-state index in [0.717, 1.165) is 39.0 Å². The van der Waals surface area contributed by atoms with Gasteiger partial charge in [-0.05, 0) is 39.7 Å². The van der Waals surface area contributed by atoms with Crippen molar-refractivity contribution in [1.82, 2.24) is 15.1 Å². The summed E-state index contributed by atoms with van der Waals surface area (Å²) < 4.78 is 0. The lowest BCUT2D eigenvalue weighted by Crippen LogP contribution is -2.52. The summed E-state index contributed by atoms with van der Waals surface area (Å²) in [5.74, 6) is -0.895. The van der Waals surface area contributed by atoms with Crippen molar-refractivity contribution in [2.24, 2.45) is 0 Å². The molecule has 2 aliphatic rings. The van der Waals surface area contributed by atoms with Crippen LogP contribution in [0.15, 0.2) is 0 Å². The number of carboxylic acid groups (broad SMARTS) is 1. The molecule has 0 aromatic rings. The highest BCUT2D eigenvalue weighted by atomic mass is 16.4. The Balaban J connectivity index is 1.92. The summed E-state index contributed by atoms with van der Waals surface area (Å²) in [6.45, 7) is 7.21. The van der Waals surface area contributed by atoms with E-state index in [-0.39, 0.29) is 12.5 Å². The molecule has 0 aliphatic carbocycles. The molecule has 2 rings (SSSR count). The van der Waals surface area contributed by atoms with Crippen molar-refractivity contribution in [2.45, 2.75) is 51.1 Å². The molecule has 2 saturated heterocycles. The number of amides is 2. The highest BCUT2D eigenvalue weighted by Crippen LogP contribution is 2.21. The van der Waals surface area contributed by atoms with Crippen molar-refractivity contribution in [3.8, 4) is 0 Å². The quantitative estimate of drug-likeness (QED) is 0.814. The van der Waals surface area contributed by atoms with Gasteiger partial charge in [0.25, 0.3) is 0 Å². The number of carboxylic acids is 1. The first kappa shape index (κ1) is 15.1. The summed E-state index contributed by atoms with van der Waals surface area (Å²) >= 11 is 0. The molecular weight excluding hydrogens is 258 g/mol. The largest absolute Gasteiger partial charge is 0.481 e. The number of nitrogens with zero attached hydrogens (tertiary/aromatic N) is 2. The van der Waals surface area contributed by atoms with E-state index in [1.54, 1.807) is 13.8 Å². The molecule has 1 unspecified atom stereocenters. The number of hydrogen-bond acceptors (Lipinski definition) is 3. The standard InChI is InChI=1S/C14H25N3O3/c1-14(2,9-12(18)19)15-13(20)17-8-4-7-16-6-3-5-11(16)10-17/h11H,3-10H2,1-2H3,(H,15,20)(H,18,19). The summed E-state index contributed by atoms with van der Waals surface area (Å²) in [5.41, 5.74) is -0.718. The van der Waals surface area contributed by atoms with Crippen molar-refractivity contribution >= 4 is 12.0 Å². The minimum absolute atomic E-state index is 0.0673. The van der Waals surface area contributed by atoms with Crippen LogP contribution in [0.1, 0.15) is 39.5 Å². The Morgan fingerprint density at radius 2 is 1.95 bits per heavy atom. The number of aliphatic carboxylic acids is 1. The van der Waals surface area contributed by atoms with Crippen LogP contribution in [0.2, 0.25) is 0 Å². The van der Waals surface area contributed by atoms with E-state index in [1.165, 1.54) is 6.42 Å². The van der Waals surface area contributed by atoms with E-state index in [0.29, 0.717) is 6.04 Å². The molecule has 0 saturated carbocycles. The Labute approximate surface area is 120 Å². The molecule has 0 aromatic carbocycles. The number of carbonyl (C=O) groups is 2. The van der Waals surface area contributed by atoms with E-state index in [4.69, 9.17) is 5.11 Å². The van der Waals surface area contributed by atoms with E-state index in [1.807, 2.05) is 4.90 Å². The topological polar surface area (TPSA) is 72.9 Å². The lowest BCUT2D eigenvalue weighted by atomic mass is 10.0. The number of fused-ring (bicyclic) bond motifs is 1. The Morgan fingerprint density at radius 3 is 2.65 bits per heavy atom. The zero-order chi connectivity index (χ0) is 14.8. The molecule has 0 bridgehead atoms. The molecule has 2 heterocycles. The van der Waals surface area contributed by atoms with Gasteiger partial charge in [0.1, 0.15) is 0 Å².